The summed E-state index contributed by atoms with van der Waals surface area (Å²) in [6, 6.07) is 0. The van der Waals surface area contributed by atoms with E-state index in [-0.39, 0.29) is 0 Å². The number of rotatable bonds is 0. The van der Waals surface area contributed by atoms with E-state index >= 15 is 0 Å². The van der Waals surface area contributed by atoms with Crippen LogP contribution >= 0.6 is 0 Å². The Labute approximate surface area is 72.8 Å². The molecule has 2 saturated carbocycles. The van der Waals surface area contributed by atoms with Crippen molar-refractivity contribution in [1.82, 2.24) is 0 Å². The molecule has 0 heterocycles. The molecular weight excluding hydrogens is 148 g/mol. The predicted molar refractivity (Wildman–Crippen MR) is 46.6 cm³/mol. The van der Waals surface area contributed by atoms with Crippen LogP contribution in [-0.2, 0) is 4.79 Å². The van der Waals surface area contributed by atoms with Gasteiger partial charge in [-0.3, -0.25) is 4.79 Å². The first-order valence-electron chi connectivity index (χ1n) is 4.85. The van der Waals surface area contributed by atoms with E-state index < -0.39 is 0 Å². The fraction of sp³-hybridized carbons (Fsp3) is 0.727. The van der Waals surface area contributed by atoms with Gasteiger partial charge in [-0.05, 0) is 24.2 Å². The number of allylic oxidation sites excluding steroid dienone is 2. The lowest BCUT2D eigenvalue weighted by atomic mass is 9.69. The van der Waals surface area contributed by atoms with E-state index in [0.29, 0.717) is 16.6 Å². The Morgan fingerprint density at radius 2 is 2.25 bits per heavy atom. The Morgan fingerprint density at radius 1 is 1.42 bits per heavy atom. The van der Waals surface area contributed by atoms with Gasteiger partial charge in [-0.2, -0.15) is 0 Å². The van der Waals surface area contributed by atoms with E-state index in [2.05, 4.69) is 19.1 Å². The molecule has 0 aliphatic heterocycles. The second-order valence-electron chi connectivity index (χ2n) is 5.14. The summed E-state index contributed by atoms with van der Waals surface area (Å²) in [4.78, 5) is 11.4. The Bertz CT molecular complexity index is 291. The van der Waals surface area contributed by atoms with Gasteiger partial charge in [0.1, 0.15) is 5.78 Å². The fourth-order valence-corrected chi connectivity index (χ4v) is 3.74. The van der Waals surface area contributed by atoms with Gasteiger partial charge in [0.2, 0.25) is 0 Å². The third-order valence-electron chi connectivity index (χ3n) is 4.33. The highest BCUT2D eigenvalue weighted by molar-refractivity contribution is 5.84. The van der Waals surface area contributed by atoms with E-state index in [1.807, 2.05) is 0 Å². The predicted octanol–water partition coefficient (Wildman–Crippen LogP) is 2.32. The third kappa shape index (κ3) is 0.562. The van der Waals surface area contributed by atoms with Crippen molar-refractivity contribution in [3.63, 3.8) is 0 Å². The summed E-state index contributed by atoms with van der Waals surface area (Å²) < 4.78 is 0. The molecule has 2 fully saturated rings. The maximum Gasteiger partial charge on any atom is 0.134 e. The lowest BCUT2D eigenvalue weighted by molar-refractivity contribution is -0.118. The standard InChI is InChI=1S/C11H14O/c1-10-4-8-2-3-11(10,5-8)7-9(12)6-10/h2-3,8H,4-7H2,1H3/t8-,10+,11-/m0/s1. The zero-order chi connectivity index (χ0) is 8.40. The van der Waals surface area contributed by atoms with Crippen molar-refractivity contribution < 1.29 is 4.79 Å². The molecule has 1 heteroatoms. The minimum absolute atomic E-state index is 0.300. The average molecular weight is 162 g/mol. The molecule has 0 aromatic heterocycles. The molecule has 0 aromatic rings. The van der Waals surface area contributed by atoms with E-state index in [1.54, 1.807) is 0 Å². The highest BCUT2D eigenvalue weighted by Gasteiger charge is 2.61. The van der Waals surface area contributed by atoms with Gasteiger partial charge in [-0.15, -0.1) is 0 Å². The van der Waals surface area contributed by atoms with Crippen LogP contribution in [0.5, 0.6) is 0 Å². The SMILES string of the molecule is C[C@@]12CC(=O)C[C@@]13C=C[C@@H](C2)C3. The van der Waals surface area contributed by atoms with Crippen LogP contribution < -0.4 is 0 Å². The van der Waals surface area contributed by atoms with Crippen LogP contribution in [0.15, 0.2) is 12.2 Å². The van der Waals surface area contributed by atoms with Gasteiger partial charge in [0.15, 0.2) is 0 Å². The van der Waals surface area contributed by atoms with Gasteiger partial charge >= 0.3 is 0 Å². The third-order valence-corrected chi connectivity index (χ3v) is 4.33. The molecule has 0 saturated heterocycles. The van der Waals surface area contributed by atoms with Crippen LogP contribution in [0.1, 0.15) is 32.6 Å². The molecular formula is C11H14O. The van der Waals surface area contributed by atoms with E-state index in [9.17, 15) is 4.79 Å². The Morgan fingerprint density at radius 3 is 2.92 bits per heavy atom. The van der Waals surface area contributed by atoms with Crippen LogP contribution in [0.2, 0.25) is 0 Å². The number of fused-ring (bicyclic) bond motifs is 1. The van der Waals surface area contributed by atoms with Gasteiger partial charge in [-0.25, -0.2) is 0 Å². The molecule has 64 valence electrons. The molecule has 0 N–H and O–H groups in total. The normalized spacial score (nSPS) is 55.1. The highest BCUT2D eigenvalue weighted by atomic mass is 16.1. The average Bonchev–Trinajstić information content (AvgIpc) is 2.46. The number of Topliss-reactive ketones (excluding diaryl/α,β-unsaturated/α-hetero) is 1. The summed E-state index contributed by atoms with van der Waals surface area (Å²) in [6.45, 7) is 2.31. The van der Waals surface area contributed by atoms with Crippen LogP contribution in [-0.4, -0.2) is 5.78 Å². The van der Waals surface area contributed by atoms with Gasteiger partial charge in [0.25, 0.3) is 0 Å². The molecule has 3 aliphatic carbocycles. The number of carbonyl (C=O) groups excluding carboxylic acids is 1. The van der Waals surface area contributed by atoms with E-state index in [1.165, 1.54) is 12.8 Å². The first-order chi connectivity index (χ1) is 5.64. The summed E-state index contributed by atoms with van der Waals surface area (Å²) in [6.07, 6.45) is 8.86. The minimum atomic E-state index is 0.300. The zero-order valence-electron chi connectivity index (χ0n) is 7.47. The van der Waals surface area contributed by atoms with E-state index in [0.717, 1.165) is 18.8 Å². The van der Waals surface area contributed by atoms with E-state index in [4.69, 9.17) is 0 Å². The molecule has 2 bridgehead atoms. The van der Waals surface area contributed by atoms with Crippen molar-refractivity contribution in [2.45, 2.75) is 32.6 Å². The Hall–Kier alpha value is -0.590. The summed E-state index contributed by atoms with van der Waals surface area (Å²) in [5.74, 6) is 1.28. The molecule has 1 spiro atoms. The lowest BCUT2D eigenvalue weighted by Gasteiger charge is -2.34. The Balaban J connectivity index is 2.13. The topological polar surface area (TPSA) is 17.1 Å². The van der Waals surface area contributed by atoms with Crippen molar-refractivity contribution in [3.05, 3.63) is 12.2 Å². The second-order valence-corrected chi connectivity index (χ2v) is 5.14. The number of hydrogen-bond donors (Lipinski definition) is 0. The van der Waals surface area contributed by atoms with Gasteiger partial charge in [0.05, 0.1) is 0 Å². The Kier molecular flexibility index (Phi) is 0.964. The summed E-state index contributed by atoms with van der Waals surface area (Å²) in [7, 11) is 0. The van der Waals surface area contributed by atoms with Crippen LogP contribution in [0.3, 0.4) is 0 Å². The zero-order valence-corrected chi connectivity index (χ0v) is 7.47. The van der Waals surface area contributed by atoms with Gasteiger partial charge < -0.3 is 0 Å². The van der Waals surface area contributed by atoms with Gasteiger partial charge in [-0.1, -0.05) is 19.1 Å². The molecule has 0 aromatic carbocycles. The number of carbonyl (C=O) groups is 1. The first-order valence-corrected chi connectivity index (χ1v) is 4.85. The van der Waals surface area contributed by atoms with Crippen molar-refractivity contribution >= 4 is 5.78 Å². The van der Waals surface area contributed by atoms with Crippen molar-refractivity contribution in [3.8, 4) is 0 Å². The summed E-state index contributed by atoms with van der Waals surface area (Å²) >= 11 is 0. The smallest absolute Gasteiger partial charge is 0.134 e. The molecule has 0 radical (unpaired) electrons. The lowest BCUT2D eigenvalue weighted by Crippen LogP contribution is -2.27. The molecule has 3 atom stereocenters. The maximum absolute atomic E-state index is 11.4. The van der Waals surface area contributed by atoms with Crippen LogP contribution in [0.25, 0.3) is 0 Å². The van der Waals surface area contributed by atoms with Crippen LogP contribution in [0, 0.1) is 16.7 Å². The second kappa shape index (κ2) is 1.68. The molecule has 0 amide bonds. The van der Waals surface area contributed by atoms with Gasteiger partial charge in [0, 0.05) is 18.3 Å². The van der Waals surface area contributed by atoms with Crippen molar-refractivity contribution in [1.29, 1.82) is 0 Å². The number of hydrogen-bond acceptors (Lipinski definition) is 1. The fourth-order valence-electron chi connectivity index (χ4n) is 3.74. The van der Waals surface area contributed by atoms with Crippen molar-refractivity contribution in [2.75, 3.05) is 0 Å². The molecule has 0 unspecified atom stereocenters. The molecule has 3 rings (SSSR count). The molecule has 3 aliphatic rings. The van der Waals surface area contributed by atoms with Crippen molar-refractivity contribution in [2.24, 2.45) is 16.7 Å². The summed E-state index contributed by atoms with van der Waals surface area (Å²) in [5, 5.41) is 0. The first kappa shape index (κ1) is 6.88. The summed E-state index contributed by atoms with van der Waals surface area (Å²) in [5.41, 5.74) is 0.637. The highest BCUT2D eigenvalue weighted by Crippen LogP contribution is 2.67. The molecule has 12 heavy (non-hydrogen) atoms. The van der Waals surface area contributed by atoms with Crippen LogP contribution in [0.4, 0.5) is 0 Å². The quantitative estimate of drug-likeness (QED) is 0.499. The molecule has 1 nitrogen and oxygen atoms in total. The monoisotopic (exact) mass is 162 g/mol. The largest absolute Gasteiger partial charge is 0.300 e. The maximum atomic E-state index is 11.4. The minimum Gasteiger partial charge on any atom is -0.300 e. The number of ketones is 1.